The first-order valence-electron chi connectivity index (χ1n) is 6.74. The van der Waals surface area contributed by atoms with Crippen molar-refractivity contribution in [3.05, 3.63) is 58.1 Å². The van der Waals surface area contributed by atoms with Crippen LogP contribution in [0.2, 0.25) is 0 Å². The lowest BCUT2D eigenvalue weighted by atomic mass is 10.0. The topological polar surface area (TPSA) is 84.5 Å². The largest absolute Gasteiger partial charge is 0.455 e. The van der Waals surface area contributed by atoms with E-state index in [0.29, 0.717) is 22.5 Å². The lowest BCUT2D eigenvalue weighted by Crippen LogP contribution is -2.12. The lowest BCUT2D eigenvalue weighted by Gasteiger charge is -2.05. The Labute approximate surface area is 141 Å². The Morgan fingerprint density at radius 1 is 1.26 bits per heavy atom. The number of halogens is 1. The summed E-state index contributed by atoms with van der Waals surface area (Å²) in [5.74, 6) is 6.24. The van der Waals surface area contributed by atoms with Crippen LogP contribution in [0.5, 0.6) is 0 Å². The van der Waals surface area contributed by atoms with Gasteiger partial charge in [-0.05, 0) is 42.5 Å². The van der Waals surface area contributed by atoms with Crippen molar-refractivity contribution in [2.45, 2.75) is 0 Å². The van der Waals surface area contributed by atoms with Crippen molar-refractivity contribution in [2.75, 3.05) is 7.05 Å². The molecule has 0 amide bonds. The molecule has 1 heterocycles. The molecule has 0 radical (unpaired) electrons. The van der Waals surface area contributed by atoms with Gasteiger partial charge in [-0.2, -0.15) is 11.2 Å². The van der Waals surface area contributed by atoms with Crippen LogP contribution in [0, 0.1) is 11.3 Å². The molecule has 2 aromatic carbocycles. The van der Waals surface area contributed by atoms with Gasteiger partial charge in [0.05, 0.1) is 17.2 Å². The zero-order valence-corrected chi connectivity index (χ0v) is 13.8. The highest BCUT2D eigenvalue weighted by Gasteiger charge is 2.21. The molecule has 3 aromatic rings. The molecule has 0 saturated carbocycles. The molecule has 5 nitrogen and oxygen atoms in total. The molecule has 3 rings (SSSR count). The molecule has 0 spiro atoms. The molecular formula is C17H12BrN3O2. The highest BCUT2D eigenvalue weighted by Crippen LogP contribution is 2.35. The maximum Gasteiger partial charge on any atom is 0.244 e. The van der Waals surface area contributed by atoms with Crippen LogP contribution >= 0.6 is 15.9 Å². The number of benzene rings is 2. The Morgan fingerprint density at radius 3 is 2.61 bits per heavy atom. The maximum absolute atomic E-state index is 8.93. The number of fused-ring (bicyclic) bond motifs is 1. The van der Waals surface area contributed by atoms with E-state index in [1.807, 2.05) is 30.3 Å². The van der Waals surface area contributed by atoms with E-state index >= 15 is 0 Å². The number of furan rings is 1. The molecule has 0 atom stereocenters. The van der Waals surface area contributed by atoms with Gasteiger partial charge in [0, 0.05) is 22.5 Å². The van der Waals surface area contributed by atoms with Gasteiger partial charge >= 0.3 is 0 Å². The van der Waals surface area contributed by atoms with Crippen molar-refractivity contribution in [1.82, 2.24) is 0 Å². The molecule has 0 aliphatic heterocycles. The monoisotopic (exact) mass is 369 g/mol. The summed E-state index contributed by atoms with van der Waals surface area (Å²) < 4.78 is 6.89. The summed E-state index contributed by atoms with van der Waals surface area (Å²) in [6, 6.07) is 14.9. The molecule has 23 heavy (non-hydrogen) atoms. The van der Waals surface area contributed by atoms with Crippen LogP contribution in [-0.4, -0.2) is 12.9 Å². The van der Waals surface area contributed by atoms with Crippen LogP contribution in [0.1, 0.15) is 11.1 Å². The van der Waals surface area contributed by atoms with Crippen LogP contribution in [-0.2, 0) is 4.84 Å². The SMILES string of the molecule is CN=C(ON)c1c(-c2ccc(C#N)cc2)oc2ccc(Br)cc12. The van der Waals surface area contributed by atoms with Crippen molar-refractivity contribution in [2.24, 2.45) is 10.9 Å². The van der Waals surface area contributed by atoms with Gasteiger partial charge in [-0.15, -0.1) is 0 Å². The van der Waals surface area contributed by atoms with Gasteiger partial charge < -0.3 is 9.25 Å². The van der Waals surface area contributed by atoms with E-state index in [-0.39, 0.29) is 5.90 Å². The summed E-state index contributed by atoms with van der Waals surface area (Å²) in [5, 5.41) is 9.77. The molecule has 2 N–H and O–H groups in total. The molecule has 6 heteroatoms. The van der Waals surface area contributed by atoms with E-state index in [9.17, 15) is 0 Å². The Kier molecular flexibility index (Phi) is 4.15. The maximum atomic E-state index is 8.93. The van der Waals surface area contributed by atoms with Gasteiger partial charge in [0.25, 0.3) is 0 Å². The summed E-state index contributed by atoms with van der Waals surface area (Å²) in [4.78, 5) is 9.01. The zero-order chi connectivity index (χ0) is 16.4. The second-order valence-electron chi connectivity index (χ2n) is 4.78. The average molecular weight is 370 g/mol. The van der Waals surface area contributed by atoms with Crippen LogP contribution in [0.15, 0.2) is 56.3 Å². The minimum absolute atomic E-state index is 0.279. The fourth-order valence-electron chi connectivity index (χ4n) is 2.41. The van der Waals surface area contributed by atoms with E-state index in [1.165, 1.54) is 0 Å². The van der Waals surface area contributed by atoms with Gasteiger partial charge in [-0.25, -0.2) is 0 Å². The number of hydrogen-bond donors (Lipinski definition) is 1. The molecule has 0 saturated heterocycles. The van der Waals surface area contributed by atoms with Crippen LogP contribution in [0.4, 0.5) is 0 Å². The third kappa shape index (κ3) is 2.72. The summed E-state index contributed by atoms with van der Waals surface area (Å²) in [6.07, 6.45) is 0. The van der Waals surface area contributed by atoms with Crippen LogP contribution in [0.25, 0.3) is 22.3 Å². The molecular weight excluding hydrogens is 358 g/mol. The van der Waals surface area contributed by atoms with E-state index < -0.39 is 0 Å². The minimum Gasteiger partial charge on any atom is -0.455 e. The number of nitriles is 1. The second-order valence-corrected chi connectivity index (χ2v) is 5.70. The number of nitrogens with two attached hydrogens (primary N) is 1. The molecule has 1 aromatic heterocycles. The third-order valence-corrected chi connectivity index (χ3v) is 3.95. The molecule has 0 unspecified atom stereocenters. The fraction of sp³-hybridized carbons (Fsp3) is 0.0588. The second kappa shape index (κ2) is 6.24. The Bertz CT molecular complexity index is 937. The highest BCUT2D eigenvalue weighted by atomic mass is 79.9. The fourth-order valence-corrected chi connectivity index (χ4v) is 2.77. The number of nitrogens with zero attached hydrogens (tertiary/aromatic N) is 2. The standard InChI is InChI=1S/C17H12BrN3O2/c1-21-17(23-20)15-13-8-12(18)6-7-14(13)22-16(15)11-4-2-10(9-19)3-5-11/h2-8H,20H2,1H3. The van der Waals surface area contributed by atoms with Gasteiger partial charge in [0.2, 0.25) is 5.90 Å². The van der Waals surface area contributed by atoms with Crippen molar-refractivity contribution in [1.29, 1.82) is 5.26 Å². The highest BCUT2D eigenvalue weighted by molar-refractivity contribution is 9.10. The zero-order valence-electron chi connectivity index (χ0n) is 12.2. The molecule has 114 valence electrons. The quantitative estimate of drug-likeness (QED) is 0.420. The first-order valence-corrected chi connectivity index (χ1v) is 7.53. The summed E-state index contributed by atoms with van der Waals surface area (Å²) >= 11 is 3.45. The normalized spacial score (nSPS) is 11.5. The van der Waals surface area contributed by atoms with Gasteiger partial charge in [-0.3, -0.25) is 4.99 Å². The van der Waals surface area contributed by atoms with Crippen LogP contribution < -0.4 is 5.90 Å². The van der Waals surface area contributed by atoms with Crippen molar-refractivity contribution in [3.63, 3.8) is 0 Å². The molecule has 0 fully saturated rings. The number of rotatable bonds is 2. The van der Waals surface area contributed by atoms with E-state index in [1.54, 1.807) is 19.2 Å². The molecule has 0 aliphatic rings. The average Bonchev–Trinajstić information content (AvgIpc) is 2.95. The van der Waals surface area contributed by atoms with E-state index in [0.717, 1.165) is 15.4 Å². The summed E-state index contributed by atoms with van der Waals surface area (Å²) in [5.41, 5.74) is 2.76. The third-order valence-electron chi connectivity index (χ3n) is 3.45. The number of aliphatic imine (C=N–C) groups is 1. The summed E-state index contributed by atoms with van der Waals surface area (Å²) in [6.45, 7) is 0. The van der Waals surface area contributed by atoms with Gasteiger partial charge in [0.15, 0.2) is 0 Å². The van der Waals surface area contributed by atoms with Gasteiger partial charge in [0.1, 0.15) is 11.3 Å². The van der Waals surface area contributed by atoms with E-state index in [2.05, 4.69) is 27.0 Å². The molecule has 0 bridgehead atoms. The van der Waals surface area contributed by atoms with Crippen molar-refractivity contribution in [3.8, 4) is 17.4 Å². The Balaban J connectivity index is 2.30. The Hall–Kier alpha value is -2.62. The van der Waals surface area contributed by atoms with Crippen molar-refractivity contribution < 1.29 is 9.25 Å². The summed E-state index contributed by atoms with van der Waals surface area (Å²) in [7, 11) is 1.60. The molecule has 0 aliphatic carbocycles. The van der Waals surface area contributed by atoms with E-state index in [4.69, 9.17) is 20.4 Å². The predicted molar refractivity (Wildman–Crippen MR) is 91.8 cm³/mol. The minimum atomic E-state index is 0.279. The number of hydrogen-bond acceptors (Lipinski definition) is 5. The first kappa shape index (κ1) is 15.3. The lowest BCUT2D eigenvalue weighted by molar-refractivity contribution is 0.322. The van der Waals surface area contributed by atoms with Crippen molar-refractivity contribution >= 4 is 32.8 Å². The smallest absolute Gasteiger partial charge is 0.244 e. The predicted octanol–water partition coefficient (Wildman–Crippen LogP) is 4.00. The van der Waals surface area contributed by atoms with Gasteiger partial charge in [-0.1, -0.05) is 15.9 Å². The van der Waals surface area contributed by atoms with Crippen LogP contribution in [0.3, 0.4) is 0 Å². The first-order chi connectivity index (χ1) is 11.2. The Morgan fingerprint density at radius 2 is 2.00 bits per heavy atom.